The van der Waals surface area contributed by atoms with Crippen molar-refractivity contribution in [2.75, 3.05) is 13.1 Å². The molecule has 0 bridgehead atoms. The van der Waals surface area contributed by atoms with Gasteiger partial charge in [0.25, 0.3) is 0 Å². The van der Waals surface area contributed by atoms with E-state index in [2.05, 4.69) is 9.47 Å². The smallest absolute Gasteiger partial charge is 0.465 e. The molecule has 2 amide bonds. The molecule has 18 heavy (non-hydrogen) atoms. The number of rotatable bonds is 4. The number of carbonyl (C=O) groups excluding carboxylic acids is 3. The molecule has 0 aromatic rings. The molecule has 0 unspecified atom stereocenters. The third-order valence-electron chi connectivity index (χ3n) is 1.16. The molecular formula is C7H8N2O9. The molecule has 0 aromatic heterocycles. The van der Waals surface area contributed by atoms with Gasteiger partial charge in [0.15, 0.2) is 0 Å². The maximum Gasteiger partial charge on any atom is 0.524 e. The lowest BCUT2D eigenvalue weighted by Gasteiger charge is -2.03. The summed E-state index contributed by atoms with van der Waals surface area (Å²) >= 11 is 0. The Morgan fingerprint density at radius 3 is 1.39 bits per heavy atom. The van der Waals surface area contributed by atoms with E-state index in [9.17, 15) is 24.0 Å². The number of carboxylic acid groups (broad SMARTS) is 2. The van der Waals surface area contributed by atoms with Crippen LogP contribution in [0.3, 0.4) is 0 Å². The van der Waals surface area contributed by atoms with Crippen LogP contribution in [-0.2, 0) is 19.1 Å². The largest absolute Gasteiger partial charge is 0.524 e. The molecule has 11 nitrogen and oxygen atoms in total. The SMILES string of the molecule is O=C(O)NCC(=O)OC(=O)OC(=O)CNC(=O)O. The molecule has 0 atom stereocenters. The van der Waals surface area contributed by atoms with Crippen LogP contribution in [0.2, 0.25) is 0 Å². The molecule has 4 N–H and O–H groups in total. The van der Waals surface area contributed by atoms with Crippen molar-refractivity contribution < 1.29 is 43.7 Å². The standard InChI is InChI=1S/C7H8N2O9/c10-3(1-8-5(12)13)17-7(16)18-4(11)2-9-6(14)15/h8-9H,1-2H2,(H,12,13)(H,14,15). The maximum atomic E-state index is 10.7. The van der Waals surface area contributed by atoms with Gasteiger partial charge in [0.1, 0.15) is 13.1 Å². The Labute approximate surface area is 98.7 Å². The van der Waals surface area contributed by atoms with Gasteiger partial charge in [-0.3, -0.25) is 0 Å². The van der Waals surface area contributed by atoms with Crippen LogP contribution in [0.4, 0.5) is 14.4 Å². The Morgan fingerprint density at radius 1 is 0.778 bits per heavy atom. The van der Waals surface area contributed by atoms with Crippen molar-refractivity contribution in [1.29, 1.82) is 0 Å². The van der Waals surface area contributed by atoms with Crippen LogP contribution in [0.1, 0.15) is 0 Å². The van der Waals surface area contributed by atoms with Crippen molar-refractivity contribution >= 4 is 30.3 Å². The van der Waals surface area contributed by atoms with E-state index in [-0.39, 0.29) is 0 Å². The van der Waals surface area contributed by atoms with Crippen LogP contribution in [-0.4, -0.2) is 53.6 Å². The van der Waals surface area contributed by atoms with Crippen molar-refractivity contribution in [2.45, 2.75) is 0 Å². The second-order valence-electron chi connectivity index (χ2n) is 2.52. The number of amides is 2. The van der Waals surface area contributed by atoms with E-state index in [4.69, 9.17) is 10.2 Å². The average molecular weight is 264 g/mol. The summed E-state index contributed by atoms with van der Waals surface area (Å²) < 4.78 is 7.71. The van der Waals surface area contributed by atoms with Crippen LogP contribution >= 0.6 is 0 Å². The number of hydrogen-bond acceptors (Lipinski definition) is 7. The molecule has 100 valence electrons. The molecule has 0 aliphatic carbocycles. The molecule has 0 heterocycles. The second-order valence-corrected chi connectivity index (χ2v) is 2.52. The highest BCUT2D eigenvalue weighted by Gasteiger charge is 2.17. The Morgan fingerprint density at radius 2 is 1.11 bits per heavy atom. The van der Waals surface area contributed by atoms with Crippen molar-refractivity contribution in [3.8, 4) is 0 Å². The number of nitrogens with one attached hydrogen (secondary N) is 2. The maximum absolute atomic E-state index is 10.7. The van der Waals surface area contributed by atoms with E-state index in [0.717, 1.165) is 0 Å². The van der Waals surface area contributed by atoms with Gasteiger partial charge < -0.3 is 30.3 Å². The molecule has 0 rings (SSSR count). The fourth-order valence-corrected chi connectivity index (χ4v) is 0.574. The fourth-order valence-electron chi connectivity index (χ4n) is 0.574. The third-order valence-corrected chi connectivity index (χ3v) is 1.16. The van der Waals surface area contributed by atoms with Gasteiger partial charge in [-0.05, 0) is 0 Å². The van der Waals surface area contributed by atoms with Crippen LogP contribution in [0.15, 0.2) is 0 Å². The van der Waals surface area contributed by atoms with Crippen molar-refractivity contribution in [2.24, 2.45) is 0 Å². The number of esters is 2. The minimum atomic E-state index is -1.69. The minimum Gasteiger partial charge on any atom is -0.465 e. The van der Waals surface area contributed by atoms with E-state index in [1.54, 1.807) is 10.6 Å². The van der Waals surface area contributed by atoms with Crippen LogP contribution < -0.4 is 10.6 Å². The first-order chi connectivity index (χ1) is 8.31. The van der Waals surface area contributed by atoms with Crippen LogP contribution in [0.5, 0.6) is 0 Å². The Balaban J connectivity index is 3.89. The molecule has 0 radical (unpaired) electrons. The summed E-state index contributed by atoms with van der Waals surface area (Å²) in [4.78, 5) is 52.1. The second kappa shape index (κ2) is 7.43. The van der Waals surface area contributed by atoms with Gasteiger partial charge in [-0.1, -0.05) is 0 Å². The normalized spacial score (nSPS) is 8.89. The number of ether oxygens (including phenoxy) is 2. The molecule has 0 saturated carbocycles. The summed E-state index contributed by atoms with van der Waals surface area (Å²) in [5.41, 5.74) is 0. The highest BCUT2D eigenvalue weighted by molar-refractivity contribution is 5.91. The molecule has 0 spiro atoms. The first kappa shape index (κ1) is 15.1. The summed E-state index contributed by atoms with van der Waals surface area (Å²) in [7, 11) is 0. The molecular weight excluding hydrogens is 256 g/mol. The molecule has 0 fully saturated rings. The average Bonchev–Trinajstić information content (AvgIpc) is 2.23. The van der Waals surface area contributed by atoms with E-state index in [0.29, 0.717) is 0 Å². The minimum absolute atomic E-state index is 0.813. The van der Waals surface area contributed by atoms with Gasteiger partial charge in [0, 0.05) is 0 Å². The van der Waals surface area contributed by atoms with Gasteiger partial charge in [-0.25, -0.2) is 24.0 Å². The third kappa shape index (κ3) is 8.46. The summed E-state index contributed by atoms with van der Waals surface area (Å²) in [5.74, 6) is -2.58. The molecule has 0 aliphatic heterocycles. The molecule has 11 heteroatoms. The van der Waals surface area contributed by atoms with Crippen LogP contribution in [0, 0.1) is 0 Å². The fraction of sp³-hybridized carbons (Fsp3) is 0.286. The van der Waals surface area contributed by atoms with Gasteiger partial charge in [-0.15, -0.1) is 0 Å². The van der Waals surface area contributed by atoms with Gasteiger partial charge in [0.2, 0.25) is 0 Å². The zero-order valence-corrected chi connectivity index (χ0v) is 8.67. The van der Waals surface area contributed by atoms with E-state index in [1.165, 1.54) is 0 Å². The number of hydrogen-bond donors (Lipinski definition) is 4. The lowest BCUT2D eigenvalue weighted by atomic mass is 10.6. The van der Waals surface area contributed by atoms with E-state index >= 15 is 0 Å². The summed E-state index contributed by atoms with van der Waals surface area (Å²) in [6.07, 6.45) is -4.71. The summed E-state index contributed by atoms with van der Waals surface area (Å²) in [6, 6.07) is 0. The van der Waals surface area contributed by atoms with Crippen molar-refractivity contribution in [1.82, 2.24) is 10.6 Å². The monoisotopic (exact) mass is 264 g/mol. The quantitative estimate of drug-likeness (QED) is 0.357. The predicted molar refractivity (Wildman–Crippen MR) is 49.6 cm³/mol. The highest BCUT2D eigenvalue weighted by atomic mass is 16.8. The zero-order valence-electron chi connectivity index (χ0n) is 8.67. The van der Waals surface area contributed by atoms with Gasteiger partial charge in [-0.2, -0.15) is 0 Å². The van der Waals surface area contributed by atoms with Gasteiger partial charge in [0.05, 0.1) is 0 Å². The van der Waals surface area contributed by atoms with Crippen LogP contribution in [0.25, 0.3) is 0 Å². The first-order valence-corrected chi connectivity index (χ1v) is 4.20. The van der Waals surface area contributed by atoms with Crippen molar-refractivity contribution in [3.05, 3.63) is 0 Å². The zero-order chi connectivity index (χ0) is 14.1. The Bertz CT molecular complexity index is 343. The van der Waals surface area contributed by atoms with Crippen molar-refractivity contribution in [3.63, 3.8) is 0 Å². The first-order valence-electron chi connectivity index (χ1n) is 4.20. The lowest BCUT2D eigenvalue weighted by Crippen LogP contribution is -2.33. The van der Waals surface area contributed by atoms with E-state index < -0.39 is 43.4 Å². The summed E-state index contributed by atoms with van der Waals surface area (Å²) in [5, 5.41) is 19.4. The number of carbonyl (C=O) groups is 5. The Kier molecular flexibility index (Phi) is 6.25. The lowest BCUT2D eigenvalue weighted by molar-refractivity contribution is -0.145. The highest BCUT2D eigenvalue weighted by Crippen LogP contribution is 1.87. The molecule has 0 saturated heterocycles. The molecule has 0 aromatic carbocycles. The molecule has 0 aliphatic rings. The Hall–Kier alpha value is -2.85. The topological polar surface area (TPSA) is 168 Å². The van der Waals surface area contributed by atoms with Gasteiger partial charge >= 0.3 is 30.3 Å². The summed E-state index contributed by atoms with van der Waals surface area (Å²) in [6.45, 7) is -1.63. The predicted octanol–water partition coefficient (Wildman–Crippen LogP) is -1.27. The van der Waals surface area contributed by atoms with E-state index in [1.807, 2.05) is 0 Å².